The lowest BCUT2D eigenvalue weighted by Crippen LogP contribution is -2.30. The first kappa shape index (κ1) is 17.0. The highest BCUT2D eigenvalue weighted by molar-refractivity contribution is 5.95. The predicted molar refractivity (Wildman–Crippen MR) is 89.2 cm³/mol. The van der Waals surface area contributed by atoms with E-state index in [4.69, 9.17) is 0 Å². The first-order chi connectivity index (χ1) is 10.7. The molecule has 0 aromatic heterocycles. The third-order valence-corrected chi connectivity index (χ3v) is 3.56. The number of carboxylic acids is 1. The molecule has 5 heteroatoms. The Kier molecular flexibility index (Phi) is 5.01. The molecular formula is C18H21NO4. The van der Waals surface area contributed by atoms with Crippen LogP contribution in [0.5, 0.6) is 0 Å². The largest absolute Gasteiger partial charge is 0.481 e. The Bertz CT molecular complexity index is 718. The van der Waals surface area contributed by atoms with E-state index >= 15 is 0 Å². The van der Waals surface area contributed by atoms with Crippen molar-refractivity contribution in [2.24, 2.45) is 5.92 Å². The summed E-state index contributed by atoms with van der Waals surface area (Å²) in [6.07, 6.45) is -0.153. The Balaban J connectivity index is 2.05. The van der Waals surface area contributed by atoms with Crippen LogP contribution in [0, 0.1) is 5.92 Å². The van der Waals surface area contributed by atoms with E-state index in [0.717, 1.165) is 10.8 Å². The average Bonchev–Trinajstić information content (AvgIpc) is 2.45. The van der Waals surface area contributed by atoms with Crippen molar-refractivity contribution in [2.75, 3.05) is 5.32 Å². The number of aliphatic carboxylic acids is 1. The highest BCUT2D eigenvalue weighted by Gasteiger charge is 2.28. The molecule has 2 aromatic carbocycles. The number of carbonyl (C=O) groups excluding carboxylic acids is 1. The van der Waals surface area contributed by atoms with Gasteiger partial charge >= 0.3 is 5.97 Å². The molecule has 2 rings (SSSR count). The van der Waals surface area contributed by atoms with Gasteiger partial charge in [-0.25, -0.2) is 0 Å². The maximum Gasteiger partial charge on any atom is 0.307 e. The number of hydrogen-bond acceptors (Lipinski definition) is 3. The molecule has 5 nitrogen and oxygen atoms in total. The van der Waals surface area contributed by atoms with E-state index in [9.17, 15) is 19.8 Å². The summed E-state index contributed by atoms with van der Waals surface area (Å²) >= 11 is 0. The molecule has 0 aliphatic rings. The fourth-order valence-corrected chi connectivity index (χ4v) is 2.55. The van der Waals surface area contributed by atoms with Crippen LogP contribution < -0.4 is 5.32 Å². The van der Waals surface area contributed by atoms with Gasteiger partial charge in [-0.3, -0.25) is 9.59 Å². The highest BCUT2D eigenvalue weighted by atomic mass is 16.4. The van der Waals surface area contributed by atoms with Gasteiger partial charge in [-0.2, -0.15) is 0 Å². The number of anilines is 1. The van der Waals surface area contributed by atoms with Crippen molar-refractivity contribution >= 4 is 28.3 Å². The molecule has 122 valence electrons. The van der Waals surface area contributed by atoms with Crippen molar-refractivity contribution in [1.82, 2.24) is 0 Å². The van der Waals surface area contributed by atoms with Gasteiger partial charge in [0.05, 0.1) is 11.5 Å². The van der Waals surface area contributed by atoms with Crippen molar-refractivity contribution in [2.45, 2.75) is 32.3 Å². The first-order valence-electron chi connectivity index (χ1n) is 7.48. The van der Waals surface area contributed by atoms with E-state index in [1.54, 1.807) is 6.07 Å². The molecule has 0 heterocycles. The second-order valence-corrected chi connectivity index (χ2v) is 6.37. The van der Waals surface area contributed by atoms with Gasteiger partial charge in [-0.15, -0.1) is 0 Å². The Morgan fingerprint density at radius 3 is 2.39 bits per heavy atom. The van der Waals surface area contributed by atoms with Crippen LogP contribution in [0.2, 0.25) is 0 Å². The van der Waals surface area contributed by atoms with Gasteiger partial charge in [-0.1, -0.05) is 30.3 Å². The zero-order valence-corrected chi connectivity index (χ0v) is 13.2. The lowest BCUT2D eigenvalue weighted by atomic mass is 9.91. The molecule has 23 heavy (non-hydrogen) atoms. The zero-order valence-electron chi connectivity index (χ0n) is 13.2. The van der Waals surface area contributed by atoms with Crippen LogP contribution in [0.4, 0.5) is 5.69 Å². The van der Waals surface area contributed by atoms with E-state index in [0.29, 0.717) is 5.69 Å². The number of carbonyl (C=O) groups is 2. The van der Waals surface area contributed by atoms with Crippen LogP contribution in [0.25, 0.3) is 10.8 Å². The van der Waals surface area contributed by atoms with E-state index < -0.39 is 17.5 Å². The molecule has 1 unspecified atom stereocenters. The van der Waals surface area contributed by atoms with Crippen LogP contribution in [0.1, 0.15) is 26.7 Å². The quantitative estimate of drug-likeness (QED) is 0.764. The van der Waals surface area contributed by atoms with E-state index in [2.05, 4.69) is 5.32 Å². The predicted octanol–water partition coefficient (Wildman–Crippen LogP) is 3.03. The summed E-state index contributed by atoms with van der Waals surface area (Å²) < 4.78 is 0. The summed E-state index contributed by atoms with van der Waals surface area (Å²) in [7, 11) is 0. The van der Waals surface area contributed by atoms with Crippen LogP contribution in [0.15, 0.2) is 42.5 Å². The lowest BCUT2D eigenvalue weighted by molar-refractivity contribution is -0.145. The normalized spacial score (nSPS) is 12.8. The smallest absolute Gasteiger partial charge is 0.307 e. The van der Waals surface area contributed by atoms with Crippen LogP contribution >= 0.6 is 0 Å². The molecule has 0 fully saturated rings. The van der Waals surface area contributed by atoms with Gasteiger partial charge in [0.1, 0.15) is 0 Å². The molecular weight excluding hydrogens is 294 g/mol. The molecule has 0 aliphatic carbocycles. The molecule has 3 N–H and O–H groups in total. The summed E-state index contributed by atoms with van der Waals surface area (Å²) in [6.45, 7) is 3.06. The maximum atomic E-state index is 12.1. The number of carboxylic acid groups (broad SMARTS) is 1. The number of aliphatic hydroxyl groups is 1. The Morgan fingerprint density at radius 2 is 1.78 bits per heavy atom. The summed E-state index contributed by atoms with van der Waals surface area (Å²) in [6, 6.07) is 13.3. The molecule has 0 spiro atoms. The van der Waals surface area contributed by atoms with Crippen molar-refractivity contribution in [3.63, 3.8) is 0 Å². The minimum atomic E-state index is -1.13. The number of benzene rings is 2. The van der Waals surface area contributed by atoms with Crippen LogP contribution in [-0.4, -0.2) is 27.7 Å². The van der Waals surface area contributed by atoms with Gasteiger partial charge in [-0.05, 0) is 43.2 Å². The topological polar surface area (TPSA) is 86.6 Å². The fourth-order valence-electron chi connectivity index (χ4n) is 2.55. The van der Waals surface area contributed by atoms with E-state index in [-0.39, 0.29) is 18.7 Å². The van der Waals surface area contributed by atoms with Crippen molar-refractivity contribution in [1.29, 1.82) is 0 Å². The highest BCUT2D eigenvalue weighted by Crippen LogP contribution is 2.22. The van der Waals surface area contributed by atoms with Crippen LogP contribution in [0.3, 0.4) is 0 Å². The fraction of sp³-hybridized carbons (Fsp3) is 0.333. The molecule has 0 saturated carbocycles. The molecule has 2 aromatic rings. The number of nitrogens with one attached hydrogen (secondary N) is 1. The Labute approximate surface area is 134 Å². The zero-order chi connectivity index (χ0) is 17.0. The third-order valence-electron chi connectivity index (χ3n) is 3.56. The Hall–Kier alpha value is -2.40. The minimum absolute atomic E-state index is 0.0213. The molecule has 1 atom stereocenters. The van der Waals surface area contributed by atoms with Gasteiger partial charge in [0.2, 0.25) is 5.91 Å². The third kappa shape index (κ3) is 5.07. The van der Waals surface area contributed by atoms with Crippen molar-refractivity contribution < 1.29 is 19.8 Å². The monoisotopic (exact) mass is 315 g/mol. The maximum absolute atomic E-state index is 12.1. The molecule has 0 radical (unpaired) electrons. The first-order valence-corrected chi connectivity index (χ1v) is 7.48. The number of hydrogen-bond donors (Lipinski definition) is 3. The second-order valence-electron chi connectivity index (χ2n) is 6.37. The second kappa shape index (κ2) is 6.79. The van der Waals surface area contributed by atoms with E-state index in [1.807, 2.05) is 36.4 Å². The summed E-state index contributed by atoms with van der Waals surface area (Å²) in [4.78, 5) is 23.3. The lowest BCUT2D eigenvalue weighted by Gasteiger charge is -2.21. The van der Waals surface area contributed by atoms with Gasteiger partial charge < -0.3 is 15.5 Å². The summed E-state index contributed by atoms with van der Waals surface area (Å²) in [5.41, 5.74) is -0.507. The summed E-state index contributed by atoms with van der Waals surface area (Å²) in [5.74, 6) is -2.38. The molecule has 0 aliphatic heterocycles. The van der Waals surface area contributed by atoms with Gasteiger partial charge in [0.15, 0.2) is 0 Å². The molecule has 0 saturated heterocycles. The van der Waals surface area contributed by atoms with Crippen molar-refractivity contribution in [3.05, 3.63) is 42.5 Å². The SMILES string of the molecule is CC(C)(O)CC(CC(=O)Nc1ccc2ccccc2c1)C(=O)O. The van der Waals surface area contributed by atoms with Gasteiger partial charge in [0, 0.05) is 12.1 Å². The Morgan fingerprint density at radius 1 is 1.13 bits per heavy atom. The minimum Gasteiger partial charge on any atom is -0.481 e. The van der Waals surface area contributed by atoms with Crippen molar-refractivity contribution in [3.8, 4) is 0 Å². The summed E-state index contributed by atoms with van der Waals surface area (Å²) in [5, 5.41) is 23.7. The van der Waals surface area contributed by atoms with Crippen LogP contribution in [-0.2, 0) is 9.59 Å². The number of fused-ring (bicyclic) bond motifs is 1. The average molecular weight is 315 g/mol. The molecule has 1 amide bonds. The number of amides is 1. The number of rotatable bonds is 6. The van der Waals surface area contributed by atoms with E-state index in [1.165, 1.54) is 13.8 Å². The van der Waals surface area contributed by atoms with Gasteiger partial charge in [0.25, 0.3) is 0 Å². The molecule has 0 bridgehead atoms. The standard InChI is InChI=1S/C18H21NO4/c1-18(2,23)11-14(17(21)22)10-16(20)19-15-8-7-12-5-3-4-6-13(12)9-15/h3-9,14,23H,10-11H2,1-2H3,(H,19,20)(H,21,22).